The van der Waals surface area contributed by atoms with Crippen LogP contribution in [0.2, 0.25) is 0 Å². The van der Waals surface area contributed by atoms with Gasteiger partial charge in [-0.1, -0.05) is 96.6 Å². The molecule has 1 heterocycles. The van der Waals surface area contributed by atoms with E-state index in [1.807, 2.05) is 11.3 Å². The van der Waals surface area contributed by atoms with Gasteiger partial charge in [0, 0.05) is 25.6 Å². The highest BCUT2D eigenvalue weighted by molar-refractivity contribution is 7.27. The molecule has 0 aliphatic carbocycles. The molecule has 150 valence electrons. The lowest BCUT2D eigenvalue weighted by molar-refractivity contribution is 1.47. The van der Waals surface area contributed by atoms with Gasteiger partial charge in [0.15, 0.2) is 0 Å². The lowest BCUT2D eigenvalue weighted by atomic mass is 9.89. The van der Waals surface area contributed by atoms with Crippen molar-refractivity contribution >= 4 is 63.8 Å². The minimum absolute atomic E-state index is 1.29. The molecule has 0 nitrogen and oxygen atoms in total. The van der Waals surface area contributed by atoms with E-state index in [9.17, 15) is 0 Å². The number of aryl methyl sites for hydroxylation is 1. The first-order chi connectivity index (χ1) is 15.8. The smallest absolute Gasteiger partial charge is 0.0446 e. The van der Waals surface area contributed by atoms with Gasteiger partial charge in [-0.25, -0.2) is 0 Å². The summed E-state index contributed by atoms with van der Waals surface area (Å²) in [5.41, 5.74) is 3.91. The summed E-state index contributed by atoms with van der Waals surface area (Å²) in [7, 11) is 0. The fraction of sp³-hybridized carbons (Fsp3) is 0.0323. The first-order valence-electron chi connectivity index (χ1n) is 11.0. The monoisotopic (exact) mass is 424 g/mol. The van der Waals surface area contributed by atoms with Crippen LogP contribution in [0.3, 0.4) is 0 Å². The molecule has 1 heteroatoms. The van der Waals surface area contributed by atoms with Crippen molar-refractivity contribution in [3.63, 3.8) is 0 Å². The van der Waals surface area contributed by atoms with Crippen molar-refractivity contribution in [1.29, 1.82) is 0 Å². The summed E-state index contributed by atoms with van der Waals surface area (Å²) in [6.45, 7) is 2.18. The number of fused-ring (bicyclic) bond motifs is 10. The van der Waals surface area contributed by atoms with E-state index in [2.05, 4.69) is 110 Å². The van der Waals surface area contributed by atoms with Crippen molar-refractivity contribution in [3.8, 4) is 11.1 Å². The Hall–Kier alpha value is -3.68. The number of hydrogen-bond acceptors (Lipinski definition) is 1. The number of benzene rings is 6. The second-order valence-electron chi connectivity index (χ2n) is 8.61. The van der Waals surface area contributed by atoms with Gasteiger partial charge in [0.05, 0.1) is 0 Å². The summed E-state index contributed by atoms with van der Waals surface area (Å²) in [4.78, 5) is 0. The highest BCUT2D eigenvalue weighted by Crippen LogP contribution is 2.48. The predicted molar refractivity (Wildman–Crippen MR) is 142 cm³/mol. The standard InChI is InChI=1S/C31H20S/c1-19-9-8-10-20(17-19)26-18-27-23-13-3-2-11-21(23)22-12-4-5-14-24(22)29(27)31-30(26)25-15-6-7-16-28(25)32-31/h2-18H,1H3. The van der Waals surface area contributed by atoms with Crippen molar-refractivity contribution < 1.29 is 0 Å². The maximum absolute atomic E-state index is 2.44. The largest absolute Gasteiger partial charge is 0.134 e. The second kappa shape index (κ2) is 6.66. The maximum atomic E-state index is 2.44. The van der Waals surface area contributed by atoms with E-state index >= 15 is 0 Å². The van der Waals surface area contributed by atoms with Gasteiger partial charge >= 0.3 is 0 Å². The molecule has 0 aliphatic heterocycles. The fourth-order valence-corrected chi connectivity index (χ4v) is 6.60. The van der Waals surface area contributed by atoms with Crippen molar-refractivity contribution in [2.75, 3.05) is 0 Å². The van der Waals surface area contributed by atoms with E-state index in [1.54, 1.807) is 0 Å². The molecule has 0 amide bonds. The quantitative estimate of drug-likeness (QED) is 0.230. The molecule has 0 unspecified atom stereocenters. The third-order valence-corrected chi connectivity index (χ3v) is 7.87. The average Bonchev–Trinajstić information content (AvgIpc) is 3.23. The number of hydrogen-bond donors (Lipinski definition) is 0. The summed E-state index contributed by atoms with van der Waals surface area (Å²) >= 11 is 1.93. The molecule has 0 atom stereocenters. The molecular formula is C31H20S. The lowest BCUT2D eigenvalue weighted by Gasteiger charge is -2.14. The fourth-order valence-electron chi connectivity index (χ4n) is 5.31. The van der Waals surface area contributed by atoms with Crippen LogP contribution in [0, 0.1) is 6.92 Å². The van der Waals surface area contributed by atoms with Crippen molar-refractivity contribution in [3.05, 3.63) is 109 Å². The van der Waals surface area contributed by atoms with Crippen molar-refractivity contribution in [1.82, 2.24) is 0 Å². The van der Waals surface area contributed by atoms with Crippen LogP contribution in [-0.2, 0) is 0 Å². The van der Waals surface area contributed by atoms with Gasteiger partial charge in [-0.3, -0.25) is 0 Å². The van der Waals surface area contributed by atoms with Crippen LogP contribution in [-0.4, -0.2) is 0 Å². The molecule has 0 bridgehead atoms. The topological polar surface area (TPSA) is 0 Å². The van der Waals surface area contributed by atoms with Crippen molar-refractivity contribution in [2.24, 2.45) is 0 Å². The molecule has 0 N–H and O–H groups in total. The van der Waals surface area contributed by atoms with Crippen LogP contribution in [0.15, 0.2) is 103 Å². The van der Waals surface area contributed by atoms with E-state index in [0.29, 0.717) is 0 Å². The number of thiophene rings is 1. The second-order valence-corrected chi connectivity index (χ2v) is 9.66. The molecule has 0 spiro atoms. The summed E-state index contributed by atoms with van der Waals surface area (Å²) in [6.07, 6.45) is 0. The van der Waals surface area contributed by atoms with Crippen LogP contribution >= 0.6 is 11.3 Å². The predicted octanol–water partition coefficient (Wildman–Crippen LogP) is 9.49. The highest BCUT2D eigenvalue weighted by Gasteiger charge is 2.18. The Balaban J connectivity index is 1.83. The molecule has 1 aromatic heterocycles. The van der Waals surface area contributed by atoms with E-state index in [-0.39, 0.29) is 0 Å². The Bertz CT molecular complexity index is 1840. The summed E-state index contributed by atoms with van der Waals surface area (Å²) in [6, 6.07) is 38.0. The van der Waals surface area contributed by atoms with Crippen molar-refractivity contribution in [2.45, 2.75) is 6.92 Å². The Morgan fingerprint density at radius 2 is 1.12 bits per heavy atom. The van der Waals surface area contributed by atoms with Gasteiger partial charge in [0.1, 0.15) is 0 Å². The van der Waals surface area contributed by atoms with E-state index in [0.717, 1.165) is 0 Å². The van der Waals surface area contributed by atoms with Crippen LogP contribution in [0.5, 0.6) is 0 Å². The molecule has 32 heavy (non-hydrogen) atoms. The molecule has 0 radical (unpaired) electrons. The van der Waals surface area contributed by atoms with Crippen LogP contribution in [0.4, 0.5) is 0 Å². The normalized spacial score (nSPS) is 11.9. The Labute approximate surface area is 190 Å². The molecule has 0 saturated heterocycles. The van der Waals surface area contributed by atoms with E-state index < -0.39 is 0 Å². The molecular weight excluding hydrogens is 404 g/mol. The van der Waals surface area contributed by atoms with Gasteiger partial charge in [-0.05, 0) is 57.1 Å². The molecule has 6 aromatic carbocycles. The molecule has 7 rings (SSSR count). The minimum Gasteiger partial charge on any atom is -0.134 e. The first kappa shape index (κ1) is 17.9. The SMILES string of the molecule is Cc1cccc(-c2cc3c4ccccc4c4ccccc4c3c3sc4ccccc4c23)c1. The van der Waals surface area contributed by atoms with Crippen LogP contribution < -0.4 is 0 Å². The maximum Gasteiger partial charge on any atom is 0.0446 e. The molecule has 0 aliphatic rings. The summed E-state index contributed by atoms with van der Waals surface area (Å²) < 4.78 is 2.74. The zero-order chi connectivity index (χ0) is 21.2. The van der Waals surface area contributed by atoms with Crippen LogP contribution in [0.1, 0.15) is 5.56 Å². The minimum atomic E-state index is 1.29. The molecule has 0 saturated carbocycles. The van der Waals surface area contributed by atoms with Crippen LogP contribution in [0.25, 0.3) is 63.6 Å². The molecule has 7 aromatic rings. The zero-order valence-electron chi connectivity index (χ0n) is 17.7. The van der Waals surface area contributed by atoms with Gasteiger partial charge in [-0.2, -0.15) is 0 Å². The summed E-state index contributed by atoms with van der Waals surface area (Å²) in [5.74, 6) is 0. The average molecular weight is 425 g/mol. The van der Waals surface area contributed by atoms with Gasteiger partial charge in [0.25, 0.3) is 0 Å². The summed E-state index contributed by atoms with van der Waals surface area (Å²) in [5, 5.41) is 10.8. The third-order valence-electron chi connectivity index (χ3n) is 6.68. The van der Waals surface area contributed by atoms with Gasteiger partial charge < -0.3 is 0 Å². The lowest BCUT2D eigenvalue weighted by Crippen LogP contribution is -1.87. The Morgan fingerprint density at radius 3 is 1.88 bits per heavy atom. The van der Waals surface area contributed by atoms with Gasteiger partial charge in [-0.15, -0.1) is 11.3 Å². The van der Waals surface area contributed by atoms with Gasteiger partial charge in [0.2, 0.25) is 0 Å². The van der Waals surface area contributed by atoms with E-state index in [1.165, 1.54) is 69.2 Å². The third kappa shape index (κ3) is 2.43. The highest BCUT2D eigenvalue weighted by atomic mass is 32.1. The Kier molecular flexibility index (Phi) is 3.73. The Morgan fingerprint density at radius 1 is 0.500 bits per heavy atom. The zero-order valence-corrected chi connectivity index (χ0v) is 18.5. The number of rotatable bonds is 1. The van der Waals surface area contributed by atoms with E-state index in [4.69, 9.17) is 0 Å². The molecule has 0 fully saturated rings. The first-order valence-corrected chi connectivity index (χ1v) is 11.9.